The number of amides is 3. The number of fused-ring (bicyclic) bond motifs is 2. The summed E-state index contributed by atoms with van der Waals surface area (Å²) in [7, 11) is 0. The van der Waals surface area contributed by atoms with Gasteiger partial charge in [-0.15, -0.1) is 0 Å². The second-order valence-electron chi connectivity index (χ2n) is 8.70. The van der Waals surface area contributed by atoms with E-state index in [0.717, 1.165) is 69.4 Å². The minimum Gasteiger partial charge on any atom is -0.356 e. The van der Waals surface area contributed by atoms with Gasteiger partial charge in [0.25, 0.3) is 0 Å². The van der Waals surface area contributed by atoms with Gasteiger partial charge in [-0.3, -0.25) is 9.69 Å². The molecule has 3 fully saturated rings. The molecule has 3 aliphatic heterocycles. The normalized spacial score (nSPS) is 23.6. The maximum Gasteiger partial charge on any atom is 0.326 e. The molecule has 1 unspecified atom stereocenters. The molecule has 0 radical (unpaired) electrons. The van der Waals surface area contributed by atoms with Crippen molar-refractivity contribution in [3.8, 4) is 0 Å². The van der Waals surface area contributed by atoms with Crippen LogP contribution in [0, 0.1) is 5.82 Å². The zero-order valence-electron chi connectivity index (χ0n) is 17.1. The third-order valence-electron chi connectivity index (χ3n) is 6.86. The van der Waals surface area contributed by atoms with Crippen LogP contribution < -0.4 is 0 Å². The summed E-state index contributed by atoms with van der Waals surface area (Å²) in [6.07, 6.45) is 5.17. The van der Waals surface area contributed by atoms with Crippen LogP contribution in [-0.2, 0) is 4.79 Å². The molecular formula is C22H27FN4O3. The summed E-state index contributed by atoms with van der Waals surface area (Å²) < 4.78 is 18.7. The van der Waals surface area contributed by atoms with Crippen LogP contribution in [0.4, 0.5) is 9.18 Å². The molecule has 1 aromatic heterocycles. The zero-order valence-corrected chi connectivity index (χ0v) is 17.1. The molecule has 3 amide bonds. The number of imide groups is 1. The molecule has 2 aromatic rings. The Morgan fingerprint density at radius 3 is 2.77 bits per heavy atom. The summed E-state index contributed by atoms with van der Waals surface area (Å²) in [4.78, 5) is 30.7. The molecule has 4 heterocycles. The molecule has 0 spiro atoms. The lowest BCUT2D eigenvalue weighted by molar-refractivity contribution is -0.132. The first-order chi connectivity index (χ1) is 14.6. The molecule has 8 heteroatoms. The first-order valence-corrected chi connectivity index (χ1v) is 11.0. The highest BCUT2D eigenvalue weighted by Gasteiger charge is 2.40. The summed E-state index contributed by atoms with van der Waals surface area (Å²) in [6.45, 7) is 4.04. The largest absolute Gasteiger partial charge is 0.356 e. The lowest BCUT2D eigenvalue weighted by atomic mass is 9.91. The number of halogens is 1. The molecule has 3 saturated heterocycles. The Kier molecular flexibility index (Phi) is 5.18. The first kappa shape index (κ1) is 19.5. The van der Waals surface area contributed by atoms with E-state index in [1.165, 1.54) is 17.0 Å². The van der Waals surface area contributed by atoms with Gasteiger partial charge in [0.05, 0.1) is 5.69 Å². The number of nitrogens with zero attached hydrogens (tertiary/aromatic N) is 4. The number of hydrogen-bond acceptors (Lipinski definition) is 5. The predicted octanol–water partition coefficient (Wildman–Crippen LogP) is 3.35. The van der Waals surface area contributed by atoms with E-state index in [1.54, 1.807) is 6.07 Å². The van der Waals surface area contributed by atoms with Crippen LogP contribution >= 0.6 is 0 Å². The Labute approximate surface area is 174 Å². The minimum absolute atomic E-state index is 0.0174. The molecule has 0 aliphatic carbocycles. The average molecular weight is 414 g/mol. The molecule has 1 atom stereocenters. The van der Waals surface area contributed by atoms with Gasteiger partial charge in [-0.1, -0.05) is 5.16 Å². The van der Waals surface area contributed by atoms with Crippen molar-refractivity contribution in [1.82, 2.24) is 19.9 Å². The molecule has 3 aliphatic rings. The van der Waals surface area contributed by atoms with E-state index in [2.05, 4.69) is 10.1 Å². The van der Waals surface area contributed by atoms with Crippen molar-refractivity contribution < 1.29 is 18.5 Å². The molecule has 5 rings (SSSR count). The lowest BCUT2D eigenvalue weighted by Gasteiger charge is -2.37. The number of urea groups is 1. The molecule has 0 N–H and O–H groups in total. The second-order valence-corrected chi connectivity index (χ2v) is 8.70. The number of aromatic nitrogens is 1. The van der Waals surface area contributed by atoms with Crippen LogP contribution in [0.2, 0.25) is 0 Å². The maximum absolute atomic E-state index is 13.4. The van der Waals surface area contributed by atoms with E-state index in [4.69, 9.17) is 4.52 Å². The summed E-state index contributed by atoms with van der Waals surface area (Å²) in [6, 6.07) is 4.62. The van der Waals surface area contributed by atoms with Gasteiger partial charge in [-0.05, 0) is 63.9 Å². The van der Waals surface area contributed by atoms with Crippen LogP contribution in [0.5, 0.6) is 0 Å². The first-order valence-electron chi connectivity index (χ1n) is 11.0. The Balaban J connectivity index is 1.12. The number of carbonyl (C=O) groups excluding carboxylic acids is 2. The molecule has 0 bridgehead atoms. The van der Waals surface area contributed by atoms with E-state index in [0.29, 0.717) is 24.5 Å². The zero-order chi connectivity index (χ0) is 20.7. The Morgan fingerprint density at radius 1 is 1.10 bits per heavy atom. The number of hydrogen-bond donors (Lipinski definition) is 0. The van der Waals surface area contributed by atoms with Gasteiger partial charge >= 0.3 is 6.03 Å². The highest BCUT2D eigenvalue weighted by molar-refractivity contribution is 5.97. The van der Waals surface area contributed by atoms with E-state index in [-0.39, 0.29) is 23.8 Å². The highest BCUT2D eigenvalue weighted by atomic mass is 19.1. The third-order valence-corrected chi connectivity index (χ3v) is 6.86. The van der Waals surface area contributed by atoms with E-state index < -0.39 is 0 Å². The molecular weight excluding hydrogens is 387 g/mol. The van der Waals surface area contributed by atoms with Crippen LogP contribution in [0.25, 0.3) is 11.0 Å². The maximum atomic E-state index is 13.4. The van der Waals surface area contributed by atoms with E-state index in [1.807, 2.05) is 4.90 Å². The Hall–Kier alpha value is -2.48. The standard InChI is InChI=1S/C22H27FN4O3/c23-16-4-5-18-19(13-16)30-24-21(18)15-6-11-25(12-7-15)8-2-10-27-20(28)14-17-3-1-9-26(17)22(27)29/h4-5,13,15,17H,1-3,6-12,14H2. The van der Waals surface area contributed by atoms with Gasteiger partial charge in [-0.2, -0.15) is 0 Å². The smallest absolute Gasteiger partial charge is 0.326 e. The Bertz CT molecular complexity index is 953. The van der Waals surface area contributed by atoms with Crippen LogP contribution in [0.15, 0.2) is 22.7 Å². The molecule has 30 heavy (non-hydrogen) atoms. The number of carbonyl (C=O) groups is 2. The van der Waals surface area contributed by atoms with Crippen molar-refractivity contribution in [3.05, 3.63) is 29.7 Å². The van der Waals surface area contributed by atoms with Crippen molar-refractivity contribution in [1.29, 1.82) is 0 Å². The fourth-order valence-electron chi connectivity index (χ4n) is 5.20. The van der Waals surface area contributed by atoms with Crippen LogP contribution in [0.3, 0.4) is 0 Å². The van der Waals surface area contributed by atoms with Gasteiger partial charge < -0.3 is 14.3 Å². The monoisotopic (exact) mass is 414 g/mol. The highest BCUT2D eigenvalue weighted by Crippen LogP contribution is 2.33. The van der Waals surface area contributed by atoms with Crippen LogP contribution in [0.1, 0.15) is 50.1 Å². The van der Waals surface area contributed by atoms with Crippen molar-refractivity contribution in [2.45, 2.75) is 50.5 Å². The summed E-state index contributed by atoms with van der Waals surface area (Å²) in [5.74, 6) is -0.0209. The average Bonchev–Trinajstić information content (AvgIpc) is 3.37. The van der Waals surface area contributed by atoms with Crippen molar-refractivity contribution in [2.75, 3.05) is 32.7 Å². The summed E-state index contributed by atoms with van der Waals surface area (Å²) in [5.41, 5.74) is 1.43. The van der Waals surface area contributed by atoms with Gasteiger partial charge in [0.1, 0.15) is 5.82 Å². The number of rotatable bonds is 5. The predicted molar refractivity (Wildman–Crippen MR) is 108 cm³/mol. The number of likely N-dealkylation sites (tertiary alicyclic amines) is 1. The van der Waals surface area contributed by atoms with Crippen molar-refractivity contribution in [3.63, 3.8) is 0 Å². The Morgan fingerprint density at radius 2 is 1.93 bits per heavy atom. The minimum atomic E-state index is -0.314. The van der Waals surface area contributed by atoms with Gasteiger partial charge in [-0.25, -0.2) is 9.18 Å². The fraction of sp³-hybridized carbons (Fsp3) is 0.591. The van der Waals surface area contributed by atoms with Crippen molar-refractivity contribution >= 4 is 22.9 Å². The summed E-state index contributed by atoms with van der Waals surface area (Å²) >= 11 is 0. The number of benzene rings is 1. The molecule has 0 saturated carbocycles. The molecule has 7 nitrogen and oxygen atoms in total. The third kappa shape index (κ3) is 3.57. The fourth-order valence-corrected chi connectivity index (χ4v) is 5.20. The quantitative estimate of drug-likeness (QED) is 0.750. The van der Waals surface area contributed by atoms with Gasteiger partial charge in [0.2, 0.25) is 5.91 Å². The second kappa shape index (κ2) is 7.98. The van der Waals surface area contributed by atoms with Gasteiger partial charge in [0, 0.05) is 42.9 Å². The molecule has 160 valence electrons. The van der Waals surface area contributed by atoms with Gasteiger partial charge in [0.15, 0.2) is 5.58 Å². The lowest BCUT2D eigenvalue weighted by Crippen LogP contribution is -2.55. The van der Waals surface area contributed by atoms with E-state index >= 15 is 0 Å². The molecule has 1 aromatic carbocycles. The van der Waals surface area contributed by atoms with Crippen molar-refractivity contribution in [2.24, 2.45) is 0 Å². The topological polar surface area (TPSA) is 69.9 Å². The SMILES string of the molecule is O=C1CC2CCCN2C(=O)N1CCCN1CCC(c2noc3cc(F)ccc23)CC1. The van der Waals surface area contributed by atoms with E-state index in [9.17, 15) is 14.0 Å². The van der Waals surface area contributed by atoms with Crippen LogP contribution in [-0.4, -0.2) is 70.6 Å². The number of piperidine rings is 1. The summed E-state index contributed by atoms with van der Waals surface area (Å²) in [5, 5.41) is 5.11.